The van der Waals surface area contributed by atoms with Gasteiger partial charge in [0.15, 0.2) is 0 Å². The Morgan fingerprint density at radius 1 is 1.45 bits per heavy atom. The van der Waals surface area contributed by atoms with Gasteiger partial charge >= 0.3 is 0 Å². The van der Waals surface area contributed by atoms with Gasteiger partial charge in [-0.2, -0.15) is 0 Å². The van der Waals surface area contributed by atoms with Gasteiger partial charge in [-0.25, -0.2) is 4.98 Å². The zero-order chi connectivity index (χ0) is 16.1. The number of thioether (sulfide) groups is 1. The highest BCUT2D eigenvalue weighted by atomic mass is 32.2. The summed E-state index contributed by atoms with van der Waals surface area (Å²) in [5.41, 5.74) is 0.850. The zero-order valence-corrected chi connectivity index (χ0v) is 14.2. The van der Waals surface area contributed by atoms with Crippen molar-refractivity contribution < 1.29 is 9.59 Å². The average molecular weight is 321 g/mol. The Hall–Kier alpha value is -1.56. The second kappa shape index (κ2) is 7.63. The molecule has 1 aliphatic heterocycles. The summed E-state index contributed by atoms with van der Waals surface area (Å²) >= 11 is 1.40. The smallest absolute Gasteiger partial charge is 0.241 e. The normalized spacial score (nSPS) is 17.3. The van der Waals surface area contributed by atoms with Crippen molar-refractivity contribution in [2.24, 2.45) is 0 Å². The highest BCUT2D eigenvalue weighted by Gasteiger charge is 2.35. The number of hydrogen-bond donors (Lipinski definition) is 0. The Morgan fingerprint density at radius 2 is 2.23 bits per heavy atom. The van der Waals surface area contributed by atoms with E-state index in [1.54, 1.807) is 23.0 Å². The van der Waals surface area contributed by atoms with Crippen LogP contribution in [0.5, 0.6) is 0 Å². The fourth-order valence-electron chi connectivity index (χ4n) is 2.45. The summed E-state index contributed by atoms with van der Waals surface area (Å²) in [6, 6.07) is 3.74. The van der Waals surface area contributed by atoms with Crippen molar-refractivity contribution in [1.82, 2.24) is 9.88 Å². The Bertz CT molecular complexity index is 550. The van der Waals surface area contributed by atoms with Gasteiger partial charge in [0, 0.05) is 32.8 Å². The first-order chi connectivity index (χ1) is 10.6. The molecule has 0 saturated heterocycles. The molecular formula is C16H23N3O2S. The lowest BCUT2D eigenvalue weighted by molar-refractivity contribution is -0.131. The van der Waals surface area contributed by atoms with E-state index < -0.39 is 0 Å². The number of hydrogen-bond acceptors (Lipinski definition) is 4. The van der Waals surface area contributed by atoms with Crippen molar-refractivity contribution in [3.8, 4) is 0 Å². The number of nitrogens with zero attached hydrogens (tertiary/aromatic N) is 3. The van der Waals surface area contributed by atoms with Crippen LogP contribution in [0.1, 0.15) is 33.1 Å². The topological polar surface area (TPSA) is 53.5 Å². The fraction of sp³-hybridized carbons (Fsp3) is 0.562. The standard InChI is InChI=1S/C16H23N3O2S/c1-4-6-10-18(3)14(20)11-13-16(21)19(5-2)12-8-7-9-17-15(12)22-13/h7-9,13H,4-6,10-11H2,1-3H3. The van der Waals surface area contributed by atoms with E-state index in [-0.39, 0.29) is 23.5 Å². The molecular weight excluding hydrogens is 298 g/mol. The van der Waals surface area contributed by atoms with E-state index >= 15 is 0 Å². The predicted octanol–water partition coefficient (Wildman–Crippen LogP) is 2.56. The molecule has 0 aliphatic carbocycles. The van der Waals surface area contributed by atoms with E-state index in [4.69, 9.17) is 0 Å². The van der Waals surface area contributed by atoms with Crippen LogP contribution in [0.3, 0.4) is 0 Å². The van der Waals surface area contributed by atoms with Crippen LogP contribution in [-0.2, 0) is 9.59 Å². The van der Waals surface area contributed by atoms with E-state index in [0.717, 1.165) is 30.1 Å². The summed E-state index contributed by atoms with van der Waals surface area (Å²) in [6.45, 7) is 5.37. The van der Waals surface area contributed by atoms with Crippen LogP contribution in [0.25, 0.3) is 0 Å². The average Bonchev–Trinajstić information content (AvgIpc) is 2.53. The number of anilines is 1. The van der Waals surface area contributed by atoms with E-state index in [9.17, 15) is 9.59 Å². The molecule has 0 radical (unpaired) electrons. The van der Waals surface area contributed by atoms with Crippen molar-refractivity contribution in [1.29, 1.82) is 0 Å². The van der Waals surface area contributed by atoms with Crippen LogP contribution in [0.4, 0.5) is 5.69 Å². The van der Waals surface area contributed by atoms with Crippen LogP contribution in [-0.4, -0.2) is 47.1 Å². The van der Waals surface area contributed by atoms with Gasteiger partial charge in [-0.15, -0.1) is 0 Å². The van der Waals surface area contributed by atoms with Gasteiger partial charge in [0.2, 0.25) is 11.8 Å². The first kappa shape index (κ1) is 16.8. The number of carbonyl (C=O) groups is 2. The molecule has 1 aromatic heterocycles. The molecule has 120 valence electrons. The molecule has 1 aliphatic rings. The molecule has 2 heterocycles. The van der Waals surface area contributed by atoms with Crippen LogP contribution >= 0.6 is 11.8 Å². The molecule has 1 unspecified atom stereocenters. The number of amides is 2. The van der Waals surface area contributed by atoms with Crippen molar-refractivity contribution in [2.45, 2.75) is 43.4 Å². The monoisotopic (exact) mass is 321 g/mol. The van der Waals surface area contributed by atoms with E-state index in [1.165, 1.54) is 11.8 Å². The minimum Gasteiger partial charge on any atom is -0.346 e. The predicted molar refractivity (Wildman–Crippen MR) is 89.1 cm³/mol. The zero-order valence-electron chi connectivity index (χ0n) is 13.4. The summed E-state index contributed by atoms with van der Waals surface area (Å²) in [6.07, 6.45) is 3.99. The van der Waals surface area contributed by atoms with E-state index in [0.29, 0.717) is 6.54 Å². The molecule has 1 aromatic rings. The quantitative estimate of drug-likeness (QED) is 0.808. The highest BCUT2D eigenvalue weighted by molar-refractivity contribution is 8.00. The minimum atomic E-state index is -0.376. The molecule has 6 heteroatoms. The SMILES string of the molecule is CCCCN(C)C(=O)CC1Sc2ncccc2N(CC)C1=O. The number of rotatable bonds is 6. The first-order valence-corrected chi connectivity index (χ1v) is 8.63. The van der Waals surface area contributed by atoms with Gasteiger partial charge in [-0.3, -0.25) is 9.59 Å². The summed E-state index contributed by atoms with van der Waals surface area (Å²) in [5, 5.41) is 0.455. The Kier molecular flexibility index (Phi) is 5.83. The first-order valence-electron chi connectivity index (χ1n) is 7.75. The Balaban J connectivity index is 2.10. The lowest BCUT2D eigenvalue weighted by Crippen LogP contribution is -2.43. The molecule has 0 spiro atoms. The molecule has 0 saturated carbocycles. The fourth-order valence-corrected chi connectivity index (χ4v) is 3.59. The maximum atomic E-state index is 12.6. The third-order valence-corrected chi connectivity index (χ3v) is 4.98. The number of pyridine rings is 1. The molecule has 0 fully saturated rings. The number of unbranched alkanes of at least 4 members (excludes halogenated alkanes) is 1. The van der Waals surface area contributed by atoms with Gasteiger partial charge < -0.3 is 9.80 Å². The van der Waals surface area contributed by atoms with Crippen LogP contribution in [0, 0.1) is 0 Å². The second-order valence-corrected chi connectivity index (χ2v) is 6.58. The minimum absolute atomic E-state index is 0.00485. The van der Waals surface area contributed by atoms with Gasteiger partial charge in [-0.1, -0.05) is 25.1 Å². The van der Waals surface area contributed by atoms with Crippen molar-refractivity contribution in [2.75, 3.05) is 25.0 Å². The largest absolute Gasteiger partial charge is 0.346 e. The molecule has 1 atom stereocenters. The number of carbonyl (C=O) groups excluding carboxylic acids is 2. The third kappa shape index (κ3) is 3.61. The van der Waals surface area contributed by atoms with E-state index in [2.05, 4.69) is 11.9 Å². The molecule has 2 amide bonds. The molecule has 0 aromatic carbocycles. The lowest BCUT2D eigenvalue weighted by atomic mass is 10.2. The van der Waals surface area contributed by atoms with E-state index in [1.807, 2.05) is 19.1 Å². The molecule has 2 rings (SSSR count). The number of fused-ring (bicyclic) bond motifs is 1. The molecule has 0 N–H and O–H groups in total. The lowest BCUT2D eigenvalue weighted by Gasteiger charge is -2.32. The maximum Gasteiger partial charge on any atom is 0.241 e. The van der Waals surface area contributed by atoms with Crippen molar-refractivity contribution in [3.05, 3.63) is 18.3 Å². The molecule has 0 bridgehead atoms. The maximum absolute atomic E-state index is 12.6. The van der Waals surface area contributed by atoms with Crippen molar-refractivity contribution in [3.63, 3.8) is 0 Å². The summed E-state index contributed by atoms with van der Waals surface area (Å²) in [7, 11) is 1.81. The molecule has 5 nitrogen and oxygen atoms in total. The third-order valence-electron chi connectivity index (χ3n) is 3.79. The van der Waals surface area contributed by atoms with Crippen LogP contribution in [0.15, 0.2) is 23.4 Å². The van der Waals surface area contributed by atoms with Crippen LogP contribution in [0.2, 0.25) is 0 Å². The van der Waals surface area contributed by atoms with Gasteiger partial charge in [0.05, 0.1) is 10.9 Å². The van der Waals surface area contributed by atoms with Gasteiger partial charge in [-0.05, 0) is 25.5 Å². The van der Waals surface area contributed by atoms with Gasteiger partial charge in [0.25, 0.3) is 0 Å². The summed E-state index contributed by atoms with van der Waals surface area (Å²) in [4.78, 5) is 32.7. The summed E-state index contributed by atoms with van der Waals surface area (Å²) < 4.78 is 0. The summed E-state index contributed by atoms with van der Waals surface area (Å²) in [5.74, 6) is 0.0278. The number of aromatic nitrogens is 1. The Labute approximate surface area is 136 Å². The van der Waals surface area contributed by atoms with Crippen molar-refractivity contribution >= 4 is 29.3 Å². The second-order valence-electron chi connectivity index (χ2n) is 5.39. The highest BCUT2D eigenvalue weighted by Crippen LogP contribution is 2.38. The van der Waals surface area contributed by atoms with Gasteiger partial charge in [0.1, 0.15) is 5.03 Å². The Morgan fingerprint density at radius 3 is 2.91 bits per heavy atom. The molecule has 22 heavy (non-hydrogen) atoms. The van der Waals surface area contributed by atoms with Crippen LogP contribution < -0.4 is 4.90 Å².